The molecule has 0 saturated heterocycles. The van der Waals surface area contributed by atoms with Crippen molar-refractivity contribution in [2.75, 3.05) is 11.9 Å². The minimum absolute atomic E-state index is 0.780. The molecule has 2 heterocycles. The van der Waals surface area contributed by atoms with Crippen molar-refractivity contribution in [2.24, 2.45) is 0 Å². The summed E-state index contributed by atoms with van der Waals surface area (Å²) in [6.45, 7) is 5.85. The molecule has 4 nitrogen and oxygen atoms in total. The topological polar surface area (TPSA) is 42.7 Å². The third kappa shape index (κ3) is 2.84. The summed E-state index contributed by atoms with van der Waals surface area (Å²) in [5.41, 5.74) is 1.05. The molecule has 0 aliphatic carbocycles. The molecule has 0 aliphatic rings. The normalized spacial score (nSPS) is 10.5. The van der Waals surface area contributed by atoms with Gasteiger partial charge in [0.15, 0.2) is 0 Å². The van der Waals surface area contributed by atoms with E-state index in [4.69, 9.17) is 0 Å². The lowest BCUT2D eigenvalue weighted by atomic mass is 10.3. The molecule has 90 valence electrons. The molecule has 0 atom stereocenters. The number of hydrogen-bond donors (Lipinski definition) is 1. The zero-order valence-corrected chi connectivity index (χ0v) is 10.3. The number of rotatable bonds is 5. The molecule has 2 rings (SSSR count). The Morgan fingerprint density at radius 2 is 2.18 bits per heavy atom. The van der Waals surface area contributed by atoms with Crippen LogP contribution < -0.4 is 5.32 Å². The molecule has 1 N–H and O–H groups in total. The van der Waals surface area contributed by atoms with Crippen molar-refractivity contribution in [1.82, 2.24) is 14.5 Å². The Balaban J connectivity index is 2.15. The van der Waals surface area contributed by atoms with Crippen LogP contribution in [0.1, 0.15) is 25.4 Å². The second-order valence-electron chi connectivity index (χ2n) is 3.87. The van der Waals surface area contributed by atoms with Gasteiger partial charge in [0.25, 0.3) is 0 Å². The maximum atomic E-state index is 4.55. The minimum atomic E-state index is 0.780. The summed E-state index contributed by atoms with van der Waals surface area (Å²) in [5, 5.41) is 3.22. The molecule has 0 bridgehead atoms. The molecule has 0 saturated carbocycles. The van der Waals surface area contributed by atoms with E-state index < -0.39 is 0 Å². The number of pyridine rings is 1. The average molecular weight is 230 g/mol. The van der Waals surface area contributed by atoms with Crippen LogP contribution >= 0.6 is 0 Å². The number of anilines is 1. The first-order chi connectivity index (χ1) is 8.33. The van der Waals surface area contributed by atoms with Gasteiger partial charge in [0.05, 0.1) is 12.2 Å². The molecular formula is C13H18N4. The molecule has 0 aliphatic heterocycles. The SMILES string of the molecule is CCNc1cccc(Cn2ccnc2CC)n1. The summed E-state index contributed by atoms with van der Waals surface area (Å²) in [5.74, 6) is 2.03. The molecule has 17 heavy (non-hydrogen) atoms. The third-order valence-corrected chi connectivity index (χ3v) is 2.61. The van der Waals surface area contributed by atoms with E-state index in [2.05, 4.69) is 33.7 Å². The van der Waals surface area contributed by atoms with Gasteiger partial charge in [-0.25, -0.2) is 9.97 Å². The fraction of sp³-hybridized carbons (Fsp3) is 0.385. The molecule has 2 aromatic heterocycles. The number of hydrogen-bond acceptors (Lipinski definition) is 3. The highest BCUT2D eigenvalue weighted by atomic mass is 15.1. The predicted molar refractivity (Wildman–Crippen MR) is 69.1 cm³/mol. The Morgan fingerprint density at radius 3 is 2.94 bits per heavy atom. The van der Waals surface area contributed by atoms with Gasteiger partial charge < -0.3 is 9.88 Å². The second-order valence-corrected chi connectivity index (χ2v) is 3.87. The molecule has 0 unspecified atom stereocenters. The van der Waals surface area contributed by atoms with Gasteiger partial charge >= 0.3 is 0 Å². The van der Waals surface area contributed by atoms with Crippen molar-refractivity contribution >= 4 is 5.82 Å². The van der Waals surface area contributed by atoms with E-state index in [0.29, 0.717) is 0 Å². The van der Waals surface area contributed by atoms with Crippen LogP contribution in [-0.2, 0) is 13.0 Å². The van der Waals surface area contributed by atoms with E-state index in [1.165, 1.54) is 0 Å². The van der Waals surface area contributed by atoms with Crippen LogP contribution in [0.3, 0.4) is 0 Å². The van der Waals surface area contributed by atoms with Crippen LogP contribution in [-0.4, -0.2) is 21.1 Å². The van der Waals surface area contributed by atoms with Gasteiger partial charge in [0.1, 0.15) is 11.6 Å². The predicted octanol–water partition coefficient (Wildman–Crippen LogP) is 2.32. The van der Waals surface area contributed by atoms with Gasteiger partial charge in [-0.2, -0.15) is 0 Å². The van der Waals surface area contributed by atoms with E-state index in [-0.39, 0.29) is 0 Å². The molecule has 0 aromatic carbocycles. The molecule has 0 spiro atoms. The molecule has 0 fully saturated rings. The first-order valence-corrected chi connectivity index (χ1v) is 6.03. The standard InChI is InChI=1S/C13H18N4/c1-3-13-15-8-9-17(13)10-11-6-5-7-12(16-11)14-4-2/h5-9H,3-4,10H2,1-2H3,(H,14,16). The van der Waals surface area contributed by atoms with Crippen LogP contribution in [0.2, 0.25) is 0 Å². The van der Waals surface area contributed by atoms with Crippen LogP contribution in [0.15, 0.2) is 30.6 Å². The maximum Gasteiger partial charge on any atom is 0.126 e. The Bertz CT molecular complexity index is 476. The highest BCUT2D eigenvalue weighted by Crippen LogP contribution is 2.08. The summed E-state index contributed by atoms with van der Waals surface area (Å²) in [4.78, 5) is 8.86. The summed E-state index contributed by atoms with van der Waals surface area (Å²) >= 11 is 0. The van der Waals surface area contributed by atoms with Gasteiger partial charge in [-0.3, -0.25) is 0 Å². The van der Waals surface area contributed by atoms with E-state index in [1.54, 1.807) is 0 Å². The van der Waals surface area contributed by atoms with Crippen molar-refractivity contribution in [2.45, 2.75) is 26.8 Å². The summed E-state index contributed by atoms with van der Waals surface area (Å²) in [7, 11) is 0. The molecule has 0 amide bonds. The smallest absolute Gasteiger partial charge is 0.126 e. The number of nitrogens with one attached hydrogen (secondary N) is 1. The highest BCUT2D eigenvalue weighted by molar-refractivity contribution is 5.35. The fourth-order valence-electron chi connectivity index (χ4n) is 1.82. The molecule has 0 radical (unpaired) electrons. The number of aromatic nitrogens is 3. The fourth-order valence-corrected chi connectivity index (χ4v) is 1.82. The Morgan fingerprint density at radius 1 is 1.29 bits per heavy atom. The van der Waals surface area contributed by atoms with Crippen molar-refractivity contribution in [3.8, 4) is 0 Å². The zero-order valence-electron chi connectivity index (χ0n) is 10.3. The van der Waals surface area contributed by atoms with Crippen LogP contribution in [0.25, 0.3) is 0 Å². The summed E-state index contributed by atoms with van der Waals surface area (Å²) in [6.07, 6.45) is 4.79. The van der Waals surface area contributed by atoms with Gasteiger partial charge in [0, 0.05) is 25.4 Å². The van der Waals surface area contributed by atoms with Crippen LogP contribution in [0, 0.1) is 0 Å². The van der Waals surface area contributed by atoms with Crippen molar-refractivity contribution in [3.63, 3.8) is 0 Å². The van der Waals surface area contributed by atoms with Gasteiger partial charge in [-0.05, 0) is 19.1 Å². The van der Waals surface area contributed by atoms with Crippen LogP contribution in [0.5, 0.6) is 0 Å². The Labute approximate surface area is 102 Å². The maximum absolute atomic E-state index is 4.55. The van der Waals surface area contributed by atoms with Crippen LogP contribution in [0.4, 0.5) is 5.82 Å². The van der Waals surface area contributed by atoms with E-state index in [9.17, 15) is 0 Å². The second kappa shape index (κ2) is 5.48. The molecular weight excluding hydrogens is 212 g/mol. The van der Waals surface area contributed by atoms with E-state index in [0.717, 1.165) is 36.8 Å². The first-order valence-electron chi connectivity index (χ1n) is 6.03. The number of nitrogens with zero attached hydrogens (tertiary/aromatic N) is 3. The largest absolute Gasteiger partial charge is 0.370 e. The lowest BCUT2D eigenvalue weighted by molar-refractivity contribution is 0.717. The number of imidazole rings is 1. The van der Waals surface area contributed by atoms with Crippen molar-refractivity contribution < 1.29 is 0 Å². The van der Waals surface area contributed by atoms with Gasteiger partial charge in [0.2, 0.25) is 0 Å². The number of aryl methyl sites for hydroxylation is 1. The van der Waals surface area contributed by atoms with Crippen molar-refractivity contribution in [3.05, 3.63) is 42.1 Å². The lowest BCUT2D eigenvalue weighted by Crippen LogP contribution is -2.07. The lowest BCUT2D eigenvalue weighted by Gasteiger charge is -2.08. The Kier molecular flexibility index (Phi) is 3.75. The summed E-state index contributed by atoms with van der Waals surface area (Å²) < 4.78 is 2.14. The first kappa shape index (κ1) is 11.6. The van der Waals surface area contributed by atoms with Gasteiger partial charge in [-0.15, -0.1) is 0 Å². The quantitative estimate of drug-likeness (QED) is 0.857. The highest BCUT2D eigenvalue weighted by Gasteiger charge is 2.02. The molecule has 2 aromatic rings. The van der Waals surface area contributed by atoms with E-state index in [1.807, 2.05) is 30.6 Å². The summed E-state index contributed by atoms with van der Waals surface area (Å²) in [6, 6.07) is 6.06. The third-order valence-electron chi connectivity index (χ3n) is 2.61. The minimum Gasteiger partial charge on any atom is -0.370 e. The van der Waals surface area contributed by atoms with Gasteiger partial charge in [-0.1, -0.05) is 13.0 Å². The van der Waals surface area contributed by atoms with Crippen molar-refractivity contribution in [1.29, 1.82) is 0 Å². The molecule has 4 heteroatoms. The van der Waals surface area contributed by atoms with E-state index >= 15 is 0 Å². The zero-order chi connectivity index (χ0) is 12.1. The Hall–Kier alpha value is -1.84. The average Bonchev–Trinajstić information content (AvgIpc) is 2.77. The monoisotopic (exact) mass is 230 g/mol.